The Bertz CT molecular complexity index is 306. The summed E-state index contributed by atoms with van der Waals surface area (Å²) in [4.78, 5) is 4.02. The van der Waals surface area contributed by atoms with Gasteiger partial charge in [0.25, 0.3) is 0 Å². The second kappa shape index (κ2) is 6.53. The van der Waals surface area contributed by atoms with E-state index in [4.69, 9.17) is 0 Å². The summed E-state index contributed by atoms with van der Waals surface area (Å²) in [5.41, 5.74) is 0. The van der Waals surface area contributed by atoms with Crippen molar-refractivity contribution in [3.05, 3.63) is 22.4 Å². The van der Waals surface area contributed by atoms with Crippen LogP contribution in [-0.2, 0) is 0 Å². The van der Waals surface area contributed by atoms with Gasteiger partial charge in [-0.1, -0.05) is 13.0 Å². The van der Waals surface area contributed by atoms with E-state index in [2.05, 4.69) is 41.6 Å². The van der Waals surface area contributed by atoms with E-state index in [1.54, 1.807) is 0 Å². The predicted octanol–water partition coefficient (Wildman–Crippen LogP) is 3.13. The van der Waals surface area contributed by atoms with Crippen molar-refractivity contribution in [3.8, 4) is 0 Å². The average molecular weight is 252 g/mol. The first-order valence-electron chi connectivity index (χ1n) is 6.78. The van der Waals surface area contributed by atoms with Crippen LogP contribution < -0.4 is 5.32 Å². The van der Waals surface area contributed by atoms with Crippen molar-refractivity contribution in [2.24, 2.45) is 5.92 Å². The predicted molar refractivity (Wildman–Crippen MR) is 75.6 cm³/mol. The lowest BCUT2D eigenvalue weighted by Gasteiger charge is -2.21. The Labute approximate surface area is 109 Å². The van der Waals surface area contributed by atoms with Gasteiger partial charge in [-0.25, -0.2) is 0 Å². The Hall–Kier alpha value is -0.380. The van der Waals surface area contributed by atoms with Gasteiger partial charge in [-0.05, 0) is 43.7 Å². The van der Waals surface area contributed by atoms with Crippen molar-refractivity contribution >= 4 is 11.3 Å². The van der Waals surface area contributed by atoms with Crippen LogP contribution in [0.3, 0.4) is 0 Å². The molecule has 1 aliphatic carbocycles. The molecule has 1 N–H and O–H groups in total. The van der Waals surface area contributed by atoms with Gasteiger partial charge in [0.2, 0.25) is 0 Å². The quantitative estimate of drug-likeness (QED) is 0.764. The second-order valence-corrected chi connectivity index (χ2v) is 6.01. The summed E-state index contributed by atoms with van der Waals surface area (Å²) < 4.78 is 0. The molecule has 0 aliphatic heterocycles. The van der Waals surface area contributed by atoms with Gasteiger partial charge in [0.05, 0.1) is 0 Å². The van der Waals surface area contributed by atoms with Crippen LogP contribution in [0.2, 0.25) is 0 Å². The Morgan fingerprint density at radius 2 is 2.35 bits per heavy atom. The molecule has 1 unspecified atom stereocenters. The van der Waals surface area contributed by atoms with Gasteiger partial charge in [-0.2, -0.15) is 0 Å². The summed E-state index contributed by atoms with van der Waals surface area (Å²) in [5.74, 6) is 1.00. The first kappa shape index (κ1) is 13.1. The number of likely N-dealkylation sites (N-methyl/N-ethyl adjacent to an activating group) is 1. The Morgan fingerprint density at radius 1 is 1.53 bits per heavy atom. The summed E-state index contributed by atoms with van der Waals surface area (Å²) >= 11 is 1.84. The molecule has 2 nitrogen and oxygen atoms in total. The zero-order valence-electron chi connectivity index (χ0n) is 11.0. The zero-order valence-corrected chi connectivity index (χ0v) is 11.8. The fraction of sp³-hybridized carbons (Fsp3) is 0.714. The molecule has 0 saturated heterocycles. The molecule has 1 aliphatic rings. The van der Waals surface area contributed by atoms with Crippen molar-refractivity contribution < 1.29 is 0 Å². The lowest BCUT2D eigenvalue weighted by atomic mass is 10.2. The highest BCUT2D eigenvalue weighted by molar-refractivity contribution is 7.10. The highest BCUT2D eigenvalue weighted by Crippen LogP contribution is 2.29. The van der Waals surface area contributed by atoms with Crippen LogP contribution in [0.15, 0.2) is 17.5 Å². The number of nitrogens with one attached hydrogen (secondary N) is 1. The summed E-state index contributed by atoms with van der Waals surface area (Å²) in [6.07, 6.45) is 2.91. The number of nitrogens with zero attached hydrogens (tertiary/aromatic N) is 1. The van der Waals surface area contributed by atoms with Crippen LogP contribution in [0.1, 0.15) is 37.6 Å². The monoisotopic (exact) mass is 252 g/mol. The lowest BCUT2D eigenvalue weighted by Crippen LogP contribution is -2.34. The van der Waals surface area contributed by atoms with E-state index in [1.807, 2.05) is 11.3 Å². The van der Waals surface area contributed by atoms with E-state index in [-0.39, 0.29) is 0 Å². The molecule has 0 radical (unpaired) electrons. The SMILES string of the molecule is CCN(CCNC(C)c1cccs1)CC1CC1. The molecule has 0 bridgehead atoms. The summed E-state index contributed by atoms with van der Waals surface area (Å²) in [6.45, 7) is 9.30. The Balaban J connectivity index is 1.63. The van der Waals surface area contributed by atoms with E-state index < -0.39 is 0 Å². The van der Waals surface area contributed by atoms with E-state index >= 15 is 0 Å². The molecule has 0 spiro atoms. The maximum absolute atomic E-state index is 3.61. The topological polar surface area (TPSA) is 15.3 Å². The Morgan fingerprint density at radius 3 is 2.94 bits per heavy atom. The molecule has 17 heavy (non-hydrogen) atoms. The maximum atomic E-state index is 3.61. The fourth-order valence-corrected chi connectivity index (χ4v) is 2.88. The molecule has 1 heterocycles. The number of thiophene rings is 1. The molecule has 96 valence electrons. The van der Waals surface area contributed by atoms with Gasteiger partial charge in [0, 0.05) is 30.6 Å². The smallest absolute Gasteiger partial charge is 0.0386 e. The molecular weight excluding hydrogens is 228 g/mol. The van der Waals surface area contributed by atoms with Crippen LogP contribution in [0.5, 0.6) is 0 Å². The summed E-state index contributed by atoms with van der Waals surface area (Å²) in [7, 11) is 0. The third-order valence-corrected chi connectivity index (χ3v) is 4.56. The number of hydrogen-bond donors (Lipinski definition) is 1. The molecule has 1 aromatic rings. The molecule has 0 aromatic carbocycles. The molecule has 1 fully saturated rings. The van der Waals surface area contributed by atoms with Crippen molar-refractivity contribution in [1.82, 2.24) is 10.2 Å². The van der Waals surface area contributed by atoms with Crippen LogP contribution in [0, 0.1) is 5.92 Å². The first-order valence-corrected chi connectivity index (χ1v) is 7.66. The average Bonchev–Trinajstić information content (AvgIpc) is 2.97. The van der Waals surface area contributed by atoms with Crippen LogP contribution in [0.4, 0.5) is 0 Å². The highest BCUT2D eigenvalue weighted by Gasteiger charge is 2.23. The first-order chi connectivity index (χ1) is 8.29. The number of hydrogen-bond acceptors (Lipinski definition) is 3. The molecular formula is C14H24N2S. The van der Waals surface area contributed by atoms with Crippen molar-refractivity contribution in [1.29, 1.82) is 0 Å². The molecule has 3 heteroatoms. The largest absolute Gasteiger partial charge is 0.308 e. The van der Waals surface area contributed by atoms with Gasteiger partial charge < -0.3 is 10.2 Å². The molecule has 1 aromatic heterocycles. The normalized spacial score (nSPS) is 17.6. The molecule has 1 atom stereocenters. The van der Waals surface area contributed by atoms with E-state index in [9.17, 15) is 0 Å². The van der Waals surface area contributed by atoms with Crippen LogP contribution in [-0.4, -0.2) is 31.1 Å². The second-order valence-electron chi connectivity index (χ2n) is 5.03. The summed E-state index contributed by atoms with van der Waals surface area (Å²) in [5, 5.41) is 5.76. The van der Waals surface area contributed by atoms with Crippen molar-refractivity contribution in [2.75, 3.05) is 26.2 Å². The Kier molecular flexibility index (Phi) is 5.01. The van der Waals surface area contributed by atoms with E-state index in [1.165, 1.54) is 37.4 Å². The molecule has 2 rings (SSSR count). The third kappa shape index (κ3) is 4.41. The van der Waals surface area contributed by atoms with Crippen LogP contribution >= 0.6 is 11.3 Å². The standard InChI is InChI=1S/C14H24N2S/c1-3-16(11-13-6-7-13)9-8-15-12(2)14-5-4-10-17-14/h4-5,10,12-13,15H,3,6-9,11H2,1-2H3. The van der Waals surface area contributed by atoms with Crippen LogP contribution in [0.25, 0.3) is 0 Å². The lowest BCUT2D eigenvalue weighted by molar-refractivity contribution is 0.272. The van der Waals surface area contributed by atoms with Crippen molar-refractivity contribution in [2.45, 2.75) is 32.7 Å². The highest BCUT2D eigenvalue weighted by atomic mass is 32.1. The minimum Gasteiger partial charge on any atom is -0.308 e. The van der Waals surface area contributed by atoms with Gasteiger partial charge in [-0.15, -0.1) is 11.3 Å². The molecule has 1 saturated carbocycles. The van der Waals surface area contributed by atoms with Crippen molar-refractivity contribution in [3.63, 3.8) is 0 Å². The third-order valence-electron chi connectivity index (χ3n) is 3.51. The maximum Gasteiger partial charge on any atom is 0.0386 e. The number of rotatable bonds is 8. The minimum atomic E-state index is 0.495. The van der Waals surface area contributed by atoms with E-state index in [0.29, 0.717) is 6.04 Å². The van der Waals surface area contributed by atoms with Gasteiger partial charge in [0.15, 0.2) is 0 Å². The summed E-state index contributed by atoms with van der Waals surface area (Å²) in [6, 6.07) is 4.84. The van der Waals surface area contributed by atoms with Gasteiger partial charge in [0.1, 0.15) is 0 Å². The van der Waals surface area contributed by atoms with Gasteiger partial charge in [-0.3, -0.25) is 0 Å². The molecule has 0 amide bonds. The van der Waals surface area contributed by atoms with E-state index in [0.717, 1.165) is 12.5 Å². The van der Waals surface area contributed by atoms with Gasteiger partial charge >= 0.3 is 0 Å². The fourth-order valence-electron chi connectivity index (χ4n) is 2.12. The minimum absolute atomic E-state index is 0.495. The zero-order chi connectivity index (χ0) is 12.1.